The van der Waals surface area contributed by atoms with Crippen LogP contribution in [-0.4, -0.2) is 36.9 Å². The number of hydrogen-bond acceptors (Lipinski definition) is 3. The van der Waals surface area contributed by atoms with Gasteiger partial charge in [-0.25, -0.2) is 0 Å². The van der Waals surface area contributed by atoms with Crippen molar-refractivity contribution in [2.24, 2.45) is 4.99 Å². The highest BCUT2D eigenvalue weighted by Crippen LogP contribution is 2.18. The first-order chi connectivity index (χ1) is 12.4. The highest BCUT2D eigenvalue weighted by atomic mass is 15.3. The topological polar surface area (TPSA) is 18.8 Å². The molecule has 1 aliphatic heterocycles. The Bertz CT molecular complexity index is 651. The second-order valence-electron chi connectivity index (χ2n) is 6.67. The van der Waals surface area contributed by atoms with Gasteiger partial charge in [-0.2, -0.15) is 0 Å². The van der Waals surface area contributed by atoms with Crippen molar-refractivity contribution in [3.8, 4) is 0 Å². The number of rotatable bonds is 9. The van der Waals surface area contributed by atoms with E-state index in [0.717, 1.165) is 32.7 Å². The molecule has 0 atom stereocenters. The summed E-state index contributed by atoms with van der Waals surface area (Å²) in [6.45, 7) is 7.21. The van der Waals surface area contributed by atoms with E-state index in [4.69, 9.17) is 4.99 Å². The van der Waals surface area contributed by atoms with Crippen LogP contribution in [0.4, 0.5) is 5.69 Å². The lowest BCUT2D eigenvalue weighted by molar-refractivity contribution is 0.432. The number of para-hydroxylation sites is 1. The molecule has 0 saturated heterocycles. The minimum Gasteiger partial charge on any atom is -0.360 e. The molecule has 0 radical (unpaired) electrons. The quantitative estimate of drug-likeness (QED) is 0.624. The molecule has 25 heavy (non-hydrogen) atoms. The van der Waals surface area contributed by atoms with Gasteiger partial charge >= 0.3 is 0 Å². The van der Waals surface area contributed by atoms with Gasteiger partial charge in [0.1, 0.15) is 5.84 Å². The Morgan fingerprint density at radius 2 is 1.64 bits per heavy atom. The van der Waals surface area contributed by atoms with Crippen LogP contribution >= 0.6 is 0 Å². The fourth-order valence-electron chi connectivity index (χ4n) is 3.32. The summed E-state index contributed by atoms with van der Waals surface area (Å²) >= 11 is 0. The van der Waals surface area contributed by atoms with E-state index >= 15 is 0 Å². The van der Waals surface area contributed by atoms with Crippen molar-refractivity contribution in [2.45, 2.75) is 32.7 Å². The van der Waals surface area contributed by atoms with Crippen molar-refractivity contribution in [2.75, 3.05) is 31.1 Å². The van der Waals surface area contributed by atoms with E-state index in [0.29, 0.717) is 0 Å². The van der Waals surface area contributed by atoms with Crippen molar-refractivity contribution >= 4 is 11.5 Å². The third-order valence-electron chi connectivity index (χ3n) is 4.73. The summed E-state index contributed by atoms with van der Waals surface area (Å²) in [5.41, 5.74) is 2.59. The fourth-order valence-corrected chi connectivity index (χ4v) is 3.32. The van der Waals surface area contributed by atoms with E-state index in [1.807, 2.05) is 0 Å². The molecule has 1 aliphatic rings. The first kappa shape index (κ1) is 17.5. The number of unbranched alkanes of at least 4 members (excludes halogenated alkanes) is 2. The average molecular weight is 335 g/mol. The van der Waals surface area contributed by atoms with E-state index in [-0.39, 0.29) is 0 Å². The van der Waals surface area contributed by atoms with Crippen molar-refractivity contribution in [1.29, 1.82) is 0 Å². The molecule has 3 rings (SSSR count). The smallest absolute Gasteiger partial charge is 0.119 e. The maximum atomic E-state index is 4.80. The first-order valence-electron chi connectivity index (χ1n) is 9.49. The SMILES string of the molecule is CCCCCN1CCN=C1CN(Cc1ccccc1)c1ccccc1. The summed E-state index contributed by atoms with van der Waals surface area (Å²) in [5.74, 6) is 1.25. The summed E-state index contributed by atoms with van der Waals surface area (Å²) in [4.78, 5) is 9.72. The Kier molecular flexibility index (Phi) is 6.49. The molecule has 0 spiro atoms. The van der Waals surface area contributed by atoms with Gasteiger partial charge in [0.15, 0.2) is 0 Å². The third kappa shape index (κ3) is 5.09. The van der Waals surface area contributed by atoms with Gasteiger partial charge in [0.05, 0.1) is 13.1 Å². The summed E-state index contributed by atoms with van der Waals surface area (Å²) in [5, 5.41) is 0. The average Bonchev–Trinajstić information content (AvgIpc) is 3.10. The number of hydrogen-bond donors (Lipinski definition) is 0. The molecule has 132 valence electrons. The predicted molar refractivity (Wildman–Crippen MR) is 107 cm³/mol. The molecule has 0 saturated carbocycles. The van der Waals surface area contributed by atoms with E-state index in [1.165, 1.54) is 36.3 Å². The fraction of sp³-hybridized carbons (Fsp3) is 0.409. The van der Waals surface area contributed by atoms with Crippen LogP contribution in [0.3, 0.4) is 0 Å². The molecule has 3 nitrogen and oxygen atoms in total. The molecular formula is C22H29N3. The molecule has 0 bridgehead atoms. The van der Waals surface area contributed by atoms with Crippen LogP contribution in [0, 0.1) is 0 Å². The molecule has 2 aromatic rings. The molecule has 0 aliphatic carbocycles. The molecular weight excluding hydrogens is 306 g/mol. The van der Waals surface area contributed by atoms with Crippen molar-refractivity contribution in [3.05, 3.63) is 66.2 Å². The molecule has 0 N–H and O–H groups in total. The van der Waals surface area contributed by atoms with Crippen LogP contribution in [0.1, 0.15) is 31.7 Å². The van der Waals surface area contributed by atoms with Gasteiger partial charge in [-0.15, -0.1) is 0 Å². The van der Waals surface area contributed by atoms with Crippen LogP contribution < -0.4 is 4.90 Å². The van der Waals surface area contributed by atoms with Crippen molar-refractivity contribution in [3.63, 3.8) is 0 Å². The highest BCUT2D eigenvalue weighted by Gasteiger charge is 2.19. The van der Waals surface area contributed by atoms with Crippen LogP contribution in [0.2, 0.25) is 0 Å². The minimum atomic E-state index is 0.880. The Labute approximate surface area is 152 Å². The lowest BCUT2D eigenvalue weighted by Gasteiger charge is -2.29. The monoisotopic (exact) mass is 335 g/mol. The molecule has 0 unspecified atom stereocenters. The third-order valence-corrected chi connectivity index (χ3v) is 4.73. The van der Waals surface area contributed by atoms with Gasteiger partial charge in [0.25, 0.3) is 0 Å². The van der Waals surface area contributed by atoms with Crippen molar-refractivity contribution in [1.82, 2.24) is 4.90 Å². The maximum Gasteiger partial charge on any atom is 0.119 e. The number of anilines is 1. The maximum absolute atomic E-state index is 4.80. The van der Waals surface area contributed by atoms with Gasteiger partial charge in [0, 0.05) is 25.3 Å². The second kappa shape index (κ2) is 9.26. The number of nitrogens with zero attached hydrogens (tertiary/aromatic N) is 3. The Hall–Kier alpha value is -2.29. The molecule has 1 heterocycles. The first-order valence-corrected chi connectivity index (χ1v) is 9.49. The molecule has 2 aromatic carbocycles. The van der Waals surface area contributed by atoms with Gasteiger partial charge in [-0.1, -0.05) is 68.3 Å². The summed E-state index contributed by atoms with van der Waals surface area (Å²) < 4.78 is 0. The minimum absolute atomic E-state index is 0.880. The number of amidine groups is 1. The normalized spacial score (nSPS) is 13.8. The summed E-state index contributed by atoms with van der Waals surface area (Å²) in [6, 6.07) is 21.4. The van der Waals surface area contributed by atoms with Crippen LogP contribution in [0.5, 0.6) is 0 Å². The van der Waals surface area contributed by atoms with E-state index in [1.54, 1.807) is 0 Å². The van der Waals surface area contributed by atoms with Gasteiger partial charge < -0.3 is 9.80 Å². The lowest BCUT2D eigenvalue weighted by Crippen LogP contribution is -2.38. The van der Waals surface area contributed by atoms with Crippen LogP contribution in [-0.2, 0) is 6.54 Å². The predicted octanol–water partition coefficient (Wildman–Crippen LogP) is 4.60. The van der Waals surface area contributed by atoms with Gasteiger partial charge in [-0.05, 0) is 24.1 Å². The van der Waals surface area contributed by atoms with Crippen molar-refractivity contribution < 1.29 is 0 Å². The Morgan fingerprint density at radius 1 is 0.920 bits per heavy atom. The Balaban J connectivity index is 1.71. The number of aliphatic imine (C=N–C) groups is 1. The van der Waals surface area contributed by atoms with Gasteiger partial charge in [0.2, 0.25) is 0 Å². The van der Waals surface area contributed by atoms with E-state index in [2.05, 4.69) is 77.4 Å². The standard InChI is InChI=1S/C22H29N3/c1-2-3-10-16-24-17-15-23-22(24)19-25(21-13-8-5-9-14-21)18-20-11-6-4-7-12-20/h4-9,11-14H,2-3,10,15-19H2,1H3. The number of benzene rings is 2. The zero-order valence-corrected chi connectivity index (χ0v) is 15.3. The van der Waals surface area contributed by atoms with Crippen LogP contribution in [0.15, 0.2) is 65.7 Å². The Morgan fingerprint density at radius 3 is 2.36 bits per heavy atom. The lowest BCUT2D eigenvalue weighted by atomic mass is 10.2. The van der Waals surface area contributed by atoms with E-state index in [9.17, 15) is 0 Å². The zero-order chi connectivity index (χ0) is 17.3. The second-order valence-corrected chi connectivity index (χ2v) is 6.67. The molecule has 0 amide bonds. The van der Waals surface area contributed by atoms with E-state index < -0.39 is 0 Å². The zero-order valence-electron chi connectivity index (χ0n) is 15.3. The molecule has 0 aromatic heterocycles. The largest absolute Gasteiger partial charge is 0.360 e. The molecule has 3 heteroatoms. The molecule has 0 fully saturated rings. The highest BCUT2D eigenvalue weighted by molar-refractivity contribution is 5.88. The summed E-state index contributed by atoms with van der Waals surface area (Å²) in [6.07, 6.45) is 3.83. The summed E-state index contributed by atoms with van der Waals surface area (Å²) in [7, 11) is 0. The van der Waals surface area contributed by atoms with Crippen LogP contribution in [0.25, 0.3) is 0 Å². The van der Waals surface area contributed by atoms with Gasteiger partial charge in [-0.3, -0.25) is 4.99 Å².